The van der Waals surface area contributed by atoms with Crippen LogP contribution < -0.4 is 0 Å². The smallest absolute Gasteiger partial charge is 0.312 e. The van der Waals surface area contributed by atoms with Crippen LogP contribution in [0.25, 0.3) is 0 Å². The van der Waals surface area contributed by atoms with E-state index in [-0.39, 0.29) is 24.0 Å². The van der Waals surface area contributed by atoms with Crippen LogP contribution in [-0.2, 0) is 19.1 Å². The molecule has 28 heavy (non-hydrogen) atoms. The Labute approximate surface area is 163 Å². The van der Waals surface area contributed by atoms with Crippen molar-refractivity contribution in [3.63, 3.8) is 0 Å². The molecule has 4 atom stereocenters. The molecule has 0 aliphatic carbocycles. The van der Waals surface area contributed by atoms with E-state index < -0.39 is 17.4 Å². The summed E-state index contributed by atoms with van der Waals surface area (Å²) in [5, 5.41) is 0. The van der Waals surface area contributed by atoms with E-state index in [1.54, 1.807) is 0 Å². The van der Waals surface area contributed by atoms with E-state index in [1.807, 2.05) is 77.7 Å². The maximum atomic E-state index is 13.6. The van der Waals surface area contributed by atoms with Gasteiger partial charge in [-0.15, -0.1) is 0 Å². The third-order valence-corrected chi connectivity index (χ3v) is 6.15. The Morgan fingerprint density at radius 2 is 1.71 bits per heavy atom. The maximum Gasteiger partial charge on any atom is 0.312 e. The quantitative estimate of drug-likeness (QED) is 0.609. The van der Waals surface area contributed by atoms with Crippen LogP contribution in [0, 0.1) is 11.8 Å². The van der Waals surface area contributed by atoms with Gasteiger partial charge in [0.25, 0.3) is 0 Å². The zero-order valence-corrected chi connectivity index (χ0v) is 15.5. The van der Waals surface area contributed by atoms with Crippen molar-refractivity contribution in [2.24, 2.45) is 11.8 Å². The lowest BCUT2D eigenvalue weighted by molar-refractivity contribution is -0.151. The normalized spacial score (nSPS) is 30.1. The Morgan fingerprint density at radius 3 is 2.29 bits per heavy atom. The fourth-order valence-corrected chi connectivity index (χ4v) is 4.97. The van der Waals surface area contributed by atoms with Crippen LogP contribution in [0.1, 0.15) is 17.2 Å². The summed E-state index contributed by atoms with van der Waals surface area (Å²) in [5.41, 5.74) is 1.32. The molecule has 2 aromatic rings. The summed E-state index contributed by atoms with van der Waals surface area (Å²) < 4.78 is 11.1. The summed E-state index contributed by atoms with van der Waals surface area (Å²) in [7, 11) is 1.36. The molecule has 1 spiro atoms. The van der Waals surface area contributed by atoms with E-state index in [0.717, 1.165) is 11.1 Å². The molecule has 0 aromatic heterocycles. The molecule has 2 saturated heterocycles. The number of amides is 1. The van der Waals surface area contributed by atoms with Crippen molar-refractivity contribution in [3.05, 3.63) is 83.9 Å². The standard InChI is InChI=1S/C23H21NO4/c1-27-22(26)18-17-12-13-23(28-17)14-24(21(25)19(18)23)20(15-8-4-2-5-9-15)16-10-6-3-7-11-16/h2-13,17-20H,14H2,1H3/t17-,18?,19-,23?/m1/s1. The molecule has 2 fully saturated rings. The number of hydrogen-bond donors (Lipinski definition) is 0. The first-order valence-electron chi connectivity index (χ1n) is 9.50. The largest absolute Gasteiger partial charge is 0.469 e. The van der Waals surface area contributed by atoms with Crippen molar-refractivity contribution < 1.29 is 19.1 Å². The van der Waals surface area contributed by atoms with Gasteiger partial charge in [-0.05, 0) is 11.1 Å². The van der Waals surface area contributed by atoms with Gasteiger partial charge < -0.3 is 14.4 Å². The highest BCUT2D eigenvalue weighted by atomic mass is 16.5. The van der Waals surface area contributed by atoms with E-state index in [2.05, 4.69) is 0 Å². The maximum absolute atomic E-state index is 13.6. The van der Waals surface area contributed by atoms with Gasteiger partial charge in [0.15, 0.2) is 0 Å². The molecule has 2 bridgehead atoms. The molecule has 2 unspecified atom stereocenters. The number of nitrogens with zero attached hydrogens (tertiary/aromatic N) is 1. The van der Waals surface area contributed by atoms with Crippen molar-refractivity contribution in [2.75, 3.05) is 13.7 Å². The molecule has 5 rings (SSSR count). The van der Waals surface area contributed by atoms with Gasteiger partial charge in [-0.25, -0.2) is 0 Å². The first-order chi connectivity index (χ1) is 13.6. The summed E-state index contributed by atoms with van der Waals surface area (Å²) in [6.07, 6.45) is 3.48. The van der Waals surface area contributed by atoms with Crippen LogP contribution in [-0.4, -0.2) is 42.1 Å². The minimum absolute atomic E-state index is 0.0556. The minimum Gasteiger partial charge on any atom is -0.469 e. The number of benzene rings is 2. The zero-order chi connectivity index (χ0) is 19.3. The molecule has 1 amide bonds. The fraction of sp³-hybridized carbons (Fsp3) is 0.304. The van der Waals surface area contributed by atoms with Gasteiger partial charge in [0, 0.05) is 0 Å². The third-order valence-electron chi connectivity index (χ3n) is 6.15. The Kier molecular flexibility index (Phi) is 3.88. The van der Waals surface area contributed by atoms with Gasteiger partial charge >= 0.3 is 5.97 Å². The SMILES string of the molecule is COC(=O)C1[C@H]2C=CC3(CN(C(c4ccccc4)c4ccccc4)C(=O)[C@@H]13)O2. The van der Waals surface area contributed by atoms with Crippen molar-refractivity contribution in [1.82, 2.24) is 4.90 Å². The van der Waals surface area contributed by atoms with Gasteiger partial charge in [-0.1, -0.05) is 72.8 Å². The number of fused-ring (bicyclic) bond motifs is 1. The second-order valence-electron chi connectivity index (χ2n) is 7.61. The molecule has 3 aliphatic heterocycles. The van der Waals surface area contributed by atoms with Crippen molar-refractivity contribution >= 4 is 11.9 Å². The number of methoxy groups -OCH3 is 1. The molecule has 3 heterocycles. The van der Waals surface area contributed by atoms with Crippen LogP contribution in [0.5, 0.6) is 0 Å². The second-order valence-corrected chi connectivity index (χ2v) is 7.61. The highest BCUT2D eigenvalue weighted by Gasteiger charge is 2.68. The first-order valence-corrected chi connectivity index (χ1v) is 9.50. The Morgan fingerprint density at radius 1 is 1.11 bits per heavy atom. The lowest BCUT2D eigenvalue weighted by Crippen LogP contribution is -2.40. The molecule has 5 nitrogen and oxygen atoms in total. The number of carbonyl (C=O) groups excluding carboxylic acids is 2. The third kappa shape index (κ3) is 2.36. The van der Waals surface area contributed by atoms with E-state index in [0.29, 0.717) is 6.54 Å². The van der Waals surface area contributed by atoms with E-state index in [4.69, 9.17) is 9.47 Å². The zero-order valence-electron chi connectivity index (χ0n) is 15.5. The van der Waals surface area contributed by atoms with Crippen molar-refractivity contribution in [1.29, 1.82) is 0 Å². The van der Waals surface area contributed by atoms with Gasteiger partial charge in [0.1, 0.15) is 11.5 Å². The van der Waals surface area contributed by atoms with Crippen LogP contribution in [0.4, 0.5) is 0 Å². The van der Waals surface area contributed by atoms with E-state index in [9.17, 15) is 9.59 Å². The average molecular weight is 375 g/mol. The molecule has 142 valence electrons. The molecule has 3 aliphatic rings. The number of ether oxygens (including phenoxy) is 2. The summed E-state index contributed by atoms with van der Waals surface area (Å²) in [5.74, 6) is -1.56. The average Bonchev–Trinajstić information content (AvgIpc) is 3.38. The summed E-state index contributed by atoms with van der Waals surface area (Å²) in [6.45, 7) is 0.422. The van der Waals surface area contributed by atoms with Crippen LogP contribution in [0.2, 0.25) is 0 Å². The Balaban J connectivity index is 1.58. The molecule has 0 saturated carbocycles. The number of hydrogen-bond acceptors (Lipinski definition) is 4. The van der Waals surface area contributed by atoms with E-state index >= 15 is 0 Å². The molecular weight excluding hydrogens is 354 g/mol. The van der Waals surface area contributed by atoms with Gasteiger partial charge in [-0.3, -0.25) is 9.59 Å². The summed E-state index contributed by atoms with van der Waals surface area (Å²) in [6, 6.07) is 19.7. The number of likely N-dealkylation sites (tertiary alicyclic amines) is 1. The van der Waals surface area contributed by atoms with Crippen molar-refractivity contribution in [2.45, 2.75) is 17.7 Å². The predicted octanol–water partition coefficient (Wildman–Crippen LogP) is 2.73. The highest BCUT2D eigenvalue weighted by molar-refractivity contribution is 5.91. The fourth-order valence-electron chi connectivity index (χ4n) is 4.97. The van der Waals surface area contributed by atoms with Crippen LogP contribution >= 0.6 is 0 Å². The van der Waals surface area contributed by atoms with Gasteiger partial charge in [0.2, 0.25) is 5.91 Å². The van der Waals surface area contributed by atoms with Crippen molar-refractivity contribution in [3.8, 4) is 0 Å². The topological polar surface area (TPSA) is 55.8 Å². The first kappa shape index (κ1) is 17.2. The van der Waals surface area contributed by atoms with Gasteiger partial charge in [-0.2, -0.15) is 0 Å². The highest BCUT2D eigenvalue weighted by Crippen LogP contribution is 2.54. The summed E-state index contributed by atoms with van der Waals surface area (Å²) in [4.78, 5) is 27.9. The molecular formula is C23H21NO4. The lowest BCUT2D eigenvalue weighted by Gasteiger charge is -2.31. The molecule has 5 heteroatoms. The molecule has 0 radical (unpaired) electrons. The van der Waals surface area contributed by atoms with Gasteiger partial charge in [0.05, 0.1) is 31.7 Å². The Hall–Kier alpha value is -2.92. The Bertz CT molecular complexity index is 902. The number of rotatable bonds is 4. The number of carbonyl (C=O) groups is 2. The van der Waals surface area contributed by atoms with E-state index in [1.165, 1.54) is 7.11 Å². The minimum atomic E-state index is -0.748. The predicted molar refractivity (Wildman–Crippen MR) is 102 cm³/mol. The lowest BCUT2D eigenvalue weighted by atomic mass is 9.77. The van der Waals surface area contributed by atoms with Crippen LogP contribution in [0.15, 0.2) is 72.8 Å². The monoisotopic (exact) mass is 375 g/mol. The van der Waals surface area contributed by atoms with Crippen LogP contribution in [0.3, 0.4) is 0 Å². The summed E-state index contributed by atoms with van der Waals surface area (Å²) >= 11 is 0. The molecule has 2 aromatic carbocycles. The molecule has 0 N–H and O–H groups in total. The second kappa shape index (κ2) is 6.31. The number of esters is 1.